The highest BCUT2D eigenvalue weighted by Gasteiger charge is 2.50. The van der Waals surface area contributed by atoms with Crippen molar-refractivity contribution >= 4 is 33.2 Å². The summed E-state index contributed by atoms with van der Waals surface area (Å²) in [4.78, 5) is 15.7. The average molecular weight is 661 g/mol. The standard InChI is InChI=1S/C35H49ClN2O6S/c1-6-29(36)17-26-10-8-15-34(24(26)3)20-38-19-28-11-13-30(28)35(21-39,43-5)16-7-9-23(2)25(4)45(41,42)37-33(40)27-12-14-32(44-22-34)31(38)18-27/h6,12,14,17-18,23,25,28,30,39H,3,7-11,13,15-16,19-22H2,1-2,4-5H3,(H,37,40)/b26-17-,29-6+/t23-,25+,28-,30+,34-,35-/m0/s1. The average Bonchev–Trinajstić information content (AvgIpc) is 3.16. The predicted molar refractivity (Wildman–Crippen MR) is 179 cm³/mol. The van der Waals surface area contributed by atoms with Crippen LogP contribution >= 0.6 is 11.6 Å². The Balaban J connectivity index is 1.59. The summed E-state index contributed by atoms with van der Waals surface area (Å²) >= 11 is 6.45. The van der Waals surface area contributed by atoms with Crippen molar-refractivity contribution in [3.63, 3.8) is 0 Å². The van der Waals surface area contributed by atoms with Crippen LogP contribution in [-0.4, -0.2) is 63.7 Å². The smallest absolute Gasteiger partial charge is 0.264 e. The lowest BCUT2D eigenvalue weighted by atomic mass is 9.63. The summed E-state index contributed by atoms with van der Waals surface area (Å²) in [6, 6.07) is 5.18. The van der Waals surface area contributed by atoms with Gasteiger partial charge < -0.3 is 19.5 Å². The Hall–Kier alpha value is -2.33. The van der Waals surface area contributed by atoms with Gasteiger partial charge in [-0.05, 0) is 112 Å². The topological polar surface area (TPSA) is 105 Å². The van der Waals surface area contributed by atoms with Gasteiger partial charge in [-0.25, -0.2) is 13.1 Å². The summed E-state index contributed by atoms with van der Waals surface area (Å²) in [5.74, 6) is 0.222. The molecule has 2 saturated carbocycles. The molecule has 1 aromatic carbocycles. The van der Waals surface area contributed by atoms with Gasteiger partial charge in [-0.2, -0.15) is 0 Å². The minimum absolute atomic E-state index is 0.0899. The molecule has 1 spiro atoms. The fourth-order valence-corrected chi connectivity index (χ4v) is 9.35. The van der Waals surface area contributed by atoms with Crippen molar-refractivity contribution in [1.82, 2.24) is 4.72 Å². The number of amides is 1. The second-order valence-corrected chi connectivity index (χ2v) is 16.2. The number of nitrogens with zero attached hydrogens (tertiary/aromatic N) is 1. The van der Waals surface area contributed by atoms with Gasteiger partial charge in [-0.15, -0.1) is 0 Å². The molecule has 2 heterocycles. The number of anilines is 1. The molecule has 2 aliphatic heterocycles. The summed E-state index contributed by atoms with van der Waals surface area (Å²) in [5.41, 5.74) is 2.10. The molecule has 2 N–H and O–H groups in total. The van der Waals surface area contributed by atoms with Gasteiger partial charge >= 0.3 is 0 Å². The van der Waals surface area contributed by atoms with Crippen LogP contribution in [0.3, 0.4) is 0 Å². The van der Waals surface area contributed by atoms with E-state index in [0.29, 0.717) is 49.7 Å². The fraction of sp³-hybridized carbons (Fsp3) is 0.629. The number of nitrogens with one attached hydrogen (secondary N) is 1. The lowest BCUT2D eigenvalue weighted by Crippen LogP contribution is -2.55. The molecule has 8 nitrogen and oxygen atoms in total. The zero-order chi connectivity index (χ0) is 32.6. The summed E-state index contributed by atoms with van der Waals surface area (Å²) < 4.78 is 41.6. The number of halogens is 1. The number of aliphatic hydroxyl groups is 1. The number of carbonyl (C=O) groups excluding carboxylic acids is 1. The minimum Gasteiger partial charge on any atom is -0.490 e. The molecule has 2 bridgehead atoms. The van der Waals surface area contributed by atoms with Gasteiger partial charge in [0, 0.05) is 36.2 Å². The van der Waals surface area contributed by atoms with E-state index in [1.54, 1.807) is 32.2 Å². The van der Waals surface area contributed by atoms with E-state index in [0.717, 1.165) is 48.9 Å². The molecule has 2 fully saturated rings. The maximum absolute atomic E-state index is 13.4. The van der Waals surface area contributed by atoms with Crippen LogP contribution in [0.25, 0.3) is 0 Å². The number of benzene rings is 1. The Morgan fingerprint density at radius 2 is 2.02 bits per heavy atom. The molecule has 0 unspecified atom stereocenters. The third kappa shape index (κ3) is 6.60. The zero-order valence-electron chi connectivity index (χ0n) is 27.1. The molecule has 0 radical (unpaired) electrons. The van der Waals surface area contributed by atoms with E-state index in [2.05, 4.69) is 16.2 Å². The maximum atomic E-state index is 13.4. The van der Waals surface area contributed by atoms with Gasteiger partial charge in [0.05, 0.1) is 29.8 Å². The number of hydrogen-bond acceptors (Lipinski definition) is 7. The monoisotopic (exact) mass is 660 g/mol. The third-order valence-electron chi connectivity index (χ3n) is 11.3. The molecule has 10 heteroatoms. The van der Waals surface area contributed by atoms with E-state index < -0.39 is 26.8 Å². The van der Waals surface area contributed by atoms with Crippen molar-refractivity contribution in [2.45, 2.75) is 83.0 Å². The second kappa shape index (κ2) is 13.4. The summed E-state index contributed by atoms with van der Waals surface area (Å²) in [5, 5.41) is 10.6. The first kappa shape index (κ1) is 34.0. The van der Waals surface area contributed by atoms with E-state index in [1.807, 2.05) is 26.0 Å². The van der Waals surface area contributed by atoms with Crippen LogP contribution in [0.5, 0.6) is 5.75 Å². The van der Waals surface area contributed by atoms with Crippen molar-refractivity contribution in [2.24, 2.45) is 23.2 Å². The number of aliphatic hydroxyl groups excluding tert-OH is 1. The SMILES string of the molecule is C=C1/C(=C\C(Cl)=C/C)CCC[C@]12COc1ccc3cc1N(C[C@@H]1CC[C@H]1[C@](CO)(OC)CCC[C@H](C)[C@@H](C)S(=O)(=O)NC3=O)C2. The fourth-order valence-electron chi connectivity index (χ4n) is 7.91. The molecule has 248 valence electrons. The third-order valence-corrected chi connectivity index (χ3v) is 13.5. The first-order chi connectivity index (χ1) is 21.4. The van der Waals surface area contributed by atoms with Crippen LogP contribution in [0.4, 0.5) is 5.69 Å². The number of rotatable bonds is 3. The second-order valence-electron chi connectivity index (χ2n) is 13.7. The first-order valence-corrected chi connectivity index (χ1v) is 18.3. The number of methoxy groups -OCH3 is 1. The van der Waals surface area contributed by atoms with Gasteiger partial charge in [0.25, 0.3) is 5.91 Å². The highest BCUT2D eigenvalue weighted by molar-refractivity contribution is 7.90. The van der Waals surface area contributed by atoms with E-state index in [9.17, 15) is 18.3 Å². The summed E-state index contributed by atoms with van der Waals surface area (Å²) in [6.45, 7) is 11.7. The lowest BCUT2D eigenvalue weighted by molar-refractivity contribution is -0.141. The largest absolute Gasteiger partial charge is 0.490 e. The van der Waals surface area contributed by atoms with Crippen molar-refractivity contribution in [3.05, 3.63) is 58.7 Å². The van der Waals surface area contributed by atoms with Crippen molar-refractivity contribution in [1.29, 1.82) is 0 Å². The van der Waals surface area contributed by atoms with Gasteiger partial charge in [0.1, 0.15) is 5.75 Å². The van der Waals surface area contributed by atoms with Crippen LogP contribution in [0.15, 0.2) is 53.1 Å². The summed E-state index contributed by atoms with van der Waals surface area (Å²) in [7, 11) is -2.25. The van der Waals surface area contributed by atoms with Crippen molar-refractivity contribution in [3.8, 4) is 5.75 Å². The molecule has 1 aromatic rings. The van der Waals surface area contributed by atoms with Gasteiger partial charge in [-0.1, -0.05) is 37.6 Å². The van der Waals surface area contributed by atoms with Crippen molar-refractivity contribution < 1.29 is 27.8 Å². The maximum Gasteiger partial charge on any atom is 0.264 e. The molecule has 1 amide bonds. The molecular formula is C35H49ClN2O6S. The molecule has 5 rings (SSSR count). The van der Waals surface area contributed by atoms with Crippen LogP contribution < -0.4 is 14.4 Å². The Bertz CT molecular complexity index is 1470. The number of carbonyl (C=O) groups is 1. The van der Waals surface area contributed by atoms with Crippen LogP contribution in [0.2, 0.25) is 0 Å². The van der Waals surface area contributed by atoms with E-state index in [4.69, 9.17) is 21.1 Å². The molecule has 4 aliphatic rings. The Morgan fingerprint density at radius 1 is 1.24 bits per heavy atom. The minimum atomic E-state index is -3.93. The quantitative estimate of drug-likeness (QED) is 0.389. The number of allylic oxidation sites excluding steroid dienone is 4. The zero-order valence-corrected chi connectivity index (χ0v) is 28.7. The predicted octanol–water partition coefficient (Wildman–Crippen LogP) is 6.35. The van der Waals surface area contributed by atoms with Crippen LogP contribution in [0, 0.1) is 23.2 Å². The normalized spacial score (nSPS) is 35.2. The molecule has 2 aliphatic carbocycles. The van der Waals surface area contributed by atoms with Gasteiger partial charge in [0.15, 0.2) is 0 Å². The molecule has 6 atom stereocenters. The highest BCUT2D eigenvalue weighted by Crippen LogP contribution is 2.51. The Labute approximate surface area is 273 Å². The van der Waals surface area contributed by atoms with Gasteiger partial charge in [-0.3, -0.25) is 4.79 Å². The molecular weight excluding hydrogens is 612 g/mol. The van der Waals surface area contributed by atoms with Gasteiger partial charge in [0.2, 0.25) is 10.0 Å². The number of fused-ring (bicyclic) bond motifs is 2. The van der Waals surface area contributed by atoms with Crippen LogP contribution in [-0.2, 0) is 14.8 Å². The van der Waals surface area contributed by atoms with E-state index >= 15 is 0 Å². The molecule has 0 aromatic heterocycles. The summed E-state index contributed by atoms with van der Waals surface area (Å²) in [6.07, 6.45) is 10.6. The van der Waals surface area contributed by atoms with E-state index in [-0.39, 0.29) is 35.3 Å². The number of sulfonamides is 1. The number of ether oxygens (including phenoxy) is 2. The molecule has 0 saturated heterocycles. The van der Waals surface area contributed by atoms with E-state index in [1.165, 1.54) is 0 Å². The Kier molecular flexibility index (Phi) is 10.1. The molecule has 45 heavy (non-hydrogen) atoms. The first-order valence-electron chi connectivity index (χ1n) is 16.3. The highest BCUT2D eigenvalue weighted by atomic mass is 35.5. The van der Waals surface area contributed by atoms with Crippen molar-refractivity contribution in [2.75, 3.05) is 38.3 Å². The number of hydrogen-bond donors (Lipinski definition) is 2. The Morgan fingerprint density at radius 3 is 2.69 bits per heavy atom. The lowest BCUT2D eigenvalue weighted by Gasteiger charge is -2.51. The van der Waals surface area contributed by atoms with Crippen LogP contribution in [0.1, 0.15) is 82.5 Å².